The van der Waals surface area contributed by atoms with E-state index in [0.29, 0.717) is 36.9 Å². The Kier molecular flexibility index (Phi) is 5.86. The maximum atomic E-state index is 12.5. The Bertz CT molecular complexity index is 831. The molecule has 2 amide bonds. The van der Waals surface area contributed by atoms with E-state index in [1.54, 1.807) is 30.2 Å². The summed E-state index contributed by atoms with van der Waals surface area (Å²) in [5, 5.41) is 3.26. The lowest BCUT2D eigenvalue weighted by molar-refractivity contribution is -0.143. The normalized spacial score (nSPS) is 14.0. The number of ether oxygens (including phenoxy) is 1. The van der Waals surface area contributed by atoms with Crippen LogP contribution in [-0.4, -0.2) is 50.0 Å². The van der Waals surface area contributed by atoms with Crippen molar-refractivity contribution in [3.8, 4) is 5.75 Å². The first kappa shape index (κ1) is 19.0. The van der Waals surface area contributed by atoms with Crippen LogP contribution in [0, 0.1) is 6.92 Å². The Morgan fingerprint density at radius 3 is 2.30 bits per heavy atom. The van der Waals surface area contributed by atoms with Gasteiger partial charge < -0.3 is 19.9 Å². The number of piperazine rings is 1. The molecule has 0 atom stereocenters. The molecule has 0 aliphatic carbocycles. The number of rotatable bonds is 3. The summed E-state index contributed by atoms with van der Waals surface area (Å²) in [5.41, 5.74) is 2.48. The fourth-order valence-electron chi connectivity index (χ4n) is 3.05. The third-order valence-corrected chi connectivity index (χ3v) is 4.87. The van der Waals surface area contributed by atoms with E-state index in [9.17, 15) is 9.59 Å². The summed E-state index contributed by atoms with van der Waals surface area (Å²) in [6.07, 6.45) is 0. The number of hydrogen-bond acceptors (Lipinski definition) is 4. The lowest BCUT2D eigenvalue weighted by atomic mass is 10.2. The Labute approximate surface area is 163 Å². The number of amides is 2. The van der Waals surface area contributed by atoms with Gasteiger partial charge in [-0.1, -0.05) is 11.6 Å². The highest BCUT2D eigenvalue weighted by Gasteiger charge is 2.26. The highest BCUT2D eigenvalue weighted by Crippen LogP contribution is 2.21. The van der Waals surface area contributed by atoms with Crippen LogP contribution < -0.4 is 15.0 Å². The first-order chi connectivity index (χ1) is 13.0. The first-order valence-electron chi connectivity index (χ1n) is 8.73. The number of carbonyl (C=O) groups excluding carboxylic acids is 2. The van der Waals surface area contributed by atoms with Gasteiger partial charge in [0.15, 0.2) is 0 Å². The number of nitrogens with one attached hydrogen (secondary N) is 1. The van der Waals surface area contributed by atoms with Gasteiger partial charge in [0.05, 0.1) is 7.11 Å². The molecular formula is C20H22ClN3O3. The van der Waals surface area contributed by atoms with Crippen LogP contribution in [0.4, 0.5) is 11.4 Å². The minimum atomic E-state index is -0.627. The second kappa shape index (κ2) is 8.31. The standard InChI is InChI=1S/C20H22ClN3O3/c1-14-13-15(21)3-8-18(14)22-19(25)20(26)24-11-9-23(10-12-24)16-4-6-17(27-2)7-5-16/h3-8,13H,9-12H2,1-2H3,(H,22,25). The van der Waals surface area contributed by atoms with Gasteiger partial charge in [-0.3, -0.25) is 9.59 Å². The van der Waals surface area contributed by atoms with Gasteiger partial charge in [-0.15, -0.1) is 0 Å². The van der Waals surface area contributed by atoms with E-state index in [4.69, 9.17) is 16.3 Å². The number of carbonyl (C=O) groups is 2. The molecule has 1 saturated heterocycles. The Balaban J connectivity index is 1.56. The molecule has 3 rings (SSSR count). The average molecular weight is 388 g/mol. The fraction of sp³-hybridized carbons (Fsp3) is 0.300. The summed E-state index contributed by atoms with van der Waals surface area (Å²) in [4.78, 5) is 28.5. The van der Waals surface area contributed by atoms with Crippen molar-refractivity contribution in [2.24, 2.45) is 0 Å². The molecule has 2 aromatic rings. The molecular weight excluding hydrogens is 366 g/mol. The molecule has 142 valence electrons. The maximum Gasteiger partial charge on any atom is 0.313 e. The highest BCUT2D eigenvalue weighted by molar-refractivity contribution is 6.39. The van der Waals surface area contributed by atoms with Crippen LogP contribution in [0.3, 0.4) is 0 Å². The zero-order valence-corrected chi connectivity index (χ0v) is 16.1. The molecule has 2 aromatic carbocycles. The maximum absolute atomic E-state index is 12.5. The number of halogens is 1. The van der Waals surface area contributed by atoms with Gasteiger partial charge in [0.2, 0.25) is 0 Å². The topological polar surface area (TPSA) is 61.9 Å². The van der Waals surface area contributed by atoms with Crippen molar-refractivity contribution >= 4 is 34.8 Å². The molecule has 1 aliphatic heterocycles. The van der Waals surface area contributed by atoms with Gasteiger partial charge in [-0.25, -0.2) is 0 Å². The monoisotopic (exact) mass is 387 g/mol. The summed E-state index contributed by atoms with van der Waals surface area (Å²) in [7, 11) is 1.63. The molecule has 1 aliphatic rings. The van der Waals surface area contributed by atoms with E-state index in [1.807, 2.05) is 31.2 Å². The molecule has 6 nitrogen and oxygen atoms in total. The van der Waals surface area contributed by atoms with Gasteiger partial charge in [-0.2, -0.15) is 0 Å². The van der Waals surface area contributed by atoms with Crippen LogP contribution in [0.2, 0.25) is 5.02 Å². The van der Waals surface area contributed by atoms with Gasteiger partial charge in [-0.05, 0) is 55.0 Å². The van der Waals surface area contributed by atoms with Crippen molar-refractivity contribution in [3.05, 3.63) is 53.1 Å². The van der Waals surface area contributed by atoms with E-state index >= 15 is 0 Å². The number of benzene rings is 2. The number of methoxy groups -OCH3 is 1. The van der Waals surface area contributed by atoms with E-state index in [0.717, 1.165) is 17.0 Å². The zero-order chi connectivity index (χ0) is 19.4. The SMILES string of the molecule is COc1ccc(N2CCN(C(=O)C(=O)Nc3ccc(Cl)cc3C)CC2)cc1. The summed E-state index contributed by atoms with van der Waals surface area (Å²) < 4.78 is 5.17. The van der Waals surface area contributed by atoms with E-state index < -0.39 is 11.8 Å². The Morgan fingerprint density at radius 2 is 1.70 bits per heavy atom. The molecule has 0 aromatic heterocycles. The van der Waals surface area contributed by atoms with Crippen molar-refractivity contribution in [1.29, 1.82) is 0 Å². The van der Waals surface area contributed by atoms with Gasteiger partial charge in [0, 0.05) is 42.6 Å². The minimum absolute atomic E-state index is 0.498. The van der Waals surface area contributed by atoms with Gasteiger partial charge in [0.25, 0.3) is 0 Å². The molecule has 7 heteroatoms. The highest BCUT2D eigenvalue weighted by atomic mass is 35.5. The number of anilines is 2. The molecule has 1 N–H and O–H groups in total. The van der Waals surface area contributed by atoms with E-state index in [1.165, 1.54) is 0 Å². The molecule has 1 fully saturated rings. The van der Waals surface area contributed by atoms with Crippen molar-refractivity contribution < 1.29 is 14.3 Å². The summed E-state index contributed by atoms with van der Waals surface area (Å²) >= 11 is 5.92. The van der Waals surface area contributed by atoms with Crippen LogP contribution in [0.1, 0.15) is 5.56 Å². The molecule has 0 radical (unpaired) electrons. The second-order valence-corrected chi connectivity index (χ2v) is 6.83. The van der Waals surface area contributed by atoms with Crippen molar-refractivity contribution in [2.75, 3.05) is 43.5 Å². The lowest BCUT2D eigenvalue weighted by Crippen LogP contribution is -2.51. The third-order valence-electron chi connectivity index (χ3n) is 4.64. The van der Waals surface area contributed by atoms with Crippen molar-refractivity contribution in [1.82, 2.24) is 4.90 Å². The van der Waals surface area contributed by atoms with E-state index in [-0.39, 0.29) is 0 Å². The van der Waals surface area contributed by atoms with Crippen LogP contribution in [0.5, 0.6) is 5.75 Å². The zero-order valence-electron chi connectivity index (χ0n) is 15.4. The van der Waals surface area contributed by atoms with Crippen LogP contribution in [0.15, 0.2) is 42.5 Å². The predicted molar refractivity (Wildman–Crippen MR) is 107 cm³/mol. The third kappa shape index (κ3) is 4.52. The minimum Gasteiger partial charge on any atom is -0.497 e. The van der Waals surface area contributed by atoms with E-state index in [2.05, 4.69) is 10.2 Å². The average Bonchev–Trinajstić information content (AvgIpc) is 2.69. The summed E-state index contributed by atoms with van der Waals surface area (Å²) in [6, 6.07) is 12.9. The molecule has 0 unspecified atom stereocenters. The summed E-state index contributed by atoms with van der Waals surface area (Å²) in [5.74, 6) is -0.334. The lowest BCUT2D eigenvalue weighted by Gasteiger charge is -2.35. The smallest absolute Gasteiger partial charge is 0.313 e. The van der Waals surface area contributed by atoms with Crippen LogP contribution in [0.25, 0.3) is 0 Å². The second-order valence-electron chi connectivity index (χ2n) is 6.39. The molecule has 0 saturated carbocycles. The van der Waals surface area contributed by atoms with Gasteiger partial charge >= 0.3 is 11.8 Å². The first-order valence-corrected chi connectivity index (χ1v) is 9.11. The van der Waals surface area contributed by atoms with Crippen LogP contribution in [-0.2, 0) is 9.59 Å². The van der Waals surface area contributed by atoms with Crippen LogP contribution >= 0.6 is 11.6 Å². The quantitative estimate of drug-likeness (QED) is 0.822. The molecule has 27 heavy (non-hydrogen) atoms. The Morgan fingerprint density at radius 1 is 1.04 bits per heavy atom. The number of aryl methyl sites for hydroxylation is 1. The number of hydrogen-bond donors (Lipinski definition) is 1. The molecule has 0 bridgehead atoms. The molecule has 0 spiro atoms. The molecule has 1 heterocycles. The Hall–Kier alpha value is -2.73. The van der Waals surface area contributed by atoms with Crippen molar-refractivity contribution in [2.45, 2.75) is 6.92 Å². The van der Waals surface area contributed by atoms with Crippen molar-refractivity contribution in [3.63, 3.8) is 0 Å². The summed E-state index contributed by atoms with van der Waals surface area (Å²) in [6.45, 7) is 4.17. The van der Waals surface area contributed by atoms with Gasteiger partial charge in [0.1, 0.15) is 5.75 Å². The largest absolute Gasteiger partial charge is 0.497 e. The predicted octanol–water partition coefficient (Wildman–Crippen LogP) is 2.94. The fourth-order valence-corrected chi connectivity index (χ4v) is 3.27. The number of nitrogens with zero attached hydrogens (tertiary/aromatic N) is 2.